The number of benzene rings is 1. The number of thioether (sulfide) groups is 1. The van der Waals surface area contributed by atoms with Crippen LogP contribution in [0.1, 0.15) is 26.3 Å². The molecule has 0 aromatic heterocycles. The molecule has 0 nitrogen and oxygen atoms in total. The van der Waals surface area contributed by atoms with Crippen molar-refractivity contribution in [3.05, 3.63) is 29.8 Å². The fourth-order valence-corrected chi connectivity index (χ4v) is 1.38. The quantitative estimate of drug-likeness (QED) is 0.623. The topological polar surface area (TPSA) is 0 Å². The molecule has 0 bridgehead atoms. The van der Waals surface area contributed by atoms with Gasteiger partial charge in [0.1, 0.15) is 0 Å². The lowest BCUT2D eigenvalue weighted by molar-refractivity contribution is 1.12. The summed E-state index contributed by atoms with van der Waals surface area (Å²) in [5, 5.41) is 0. The molecule has 0 N–H and O–H groups in total. The van der Waals surface area contributed by atoms with Gasteiger partial charge >= 0.3 is 0 Å². The van der Waals surface area contributed by atoms with Crippen LogP contribution in [0.15, 0.2) is 29.2 Å². The van der Waals surface area contributed by atoms with Crippen LogP contribution in [0.25, 0.3) is 0 Å². The third-order valence-corrected chi connectivity index (χ3v) is 2.27. The van der Waals surface area contributed by atoms with Crippen LogP contribution in [0.4, 0.5) is 0 Å². The van der Waals surface area contributed by atoms with Crippen molar-refractivity contribution in [1.82, 2.24) is 0 Å². The first-order chi connectivity index (χ1) is 5.86. The van der Waals surface area contributed by atoms with Gasteiger partial charge in [-0.1, -0.05) is 32.9 Å². The van der Waals surface area contributed by atoms with Crippen molar-refractivity contribution in [3.63, 3.8) is 0 Å². The van der Waals surface area contributed by atoms with E-state index in [4.69, 9.17) is 0 Å². The van der Waals surface area contributed by atoms with Crippen molar-refractivity contribution >= 4 is 11.8 Å². The Hall–Kier alpha value is -0.430. The van der Waals surface area contributed by atoms with Crippen LogP contribution in [-0.4, -0.2) is 6.26 Å². The van der Waals surface area contributed by atoms with Gasteiger partial charge in [-0.05, 0) is 30.4 Å². The second-order valence-electron chi connectivity index (χ2n) is 2.21. The molecule has 0 atom stereocenters. The Labute approximate surface area is 80.4 Å². The first-order valence-corrected chi connectivity index (χ1v) is 5.72. The molecule has 12 heavy (non-hydrogen) atoms. The van der Waals surface area contributed by atoms with Crippen molar-refractivity contribution in [3.8, 4) is 0 Å². The average Bonchev–Trinajstić information content (AvgIpc) is 2.21. The Bertz CT molecular complexity index is 187. The minimum absolute atomic E-state index is 1.13. The predicted octanol–water partition coefficient (Wildman–Crippen LogP) is 4.00. The van der Waals surface area contributed by atoms with E-state index in [1.54, 1.807) is 11.8 Å². The highest BCUT2D eigenvalue weighted by Gasteiger charge is 1.89. The zero-order valence-electron chi connectivity index (χ0n) is 8.42. The summed E-state index contributed by atoms with van der Waals surface area (Å²) >= 11 is 1.80. The summed E-state index contributed by atoms with van der Waals surface area (Å²) in [4.78, 5) is 1.36. The molecule has 0 saturated heterocycles. The van der Waals surface area contributed by atoms with Gasteiger partial charge in [-0.25, -0.2) is 0 Å². The molecule has 1 aromatic carbocycles. The molecule has 0 unspecified atom stereocenters. The molecule has 0 aliphatic carbocycles. The smallest absolute Gasteiger partial charge is 0.00718 e. The van der Waals surface area contributed by atoms with E-state index < -0.39 is 0 Å². The molecule has 0 radical (unpaired) electrons. The van der Waals surface area contributed by atoms with Crippen LogP contribution in [0.5, 0.6) is 0 Å². The van der Waals surface area contributed by atoms with Gasteiger partial charge in [0, 0.05) is 4.90 Å². The molecule has 0 amide bonds. The molecule has 0 heterocycles. The van der Waals surface area contributed by atoms with Crippen LogP contribution in [0, 0.1) is 0 Å². The second kappa shape index (κ2) is 7.23. The maximum atomic E-state index is 2.24. The van der Waals surface area contributed by atoms with Gasteiger partial charge in [0.25, 0.3) is 0 Å². The summed E-state index contributed by atoms with van der Waals surface area (Å²) < 4.78 is 0. The number of hydrogen-bond acceptors (Lipinski definition) is 1. The Balaban J connectivity index is 0.000000561. The molecule has 0 aliphatic heterocycles. The summed E-state index contributed by atoms with van der Waals surface area (Å²) in [5.41, 5.74) is 1.42. The van der Waals surface area contributed by atoms with Gasteiger partial charge in [-0.15, -0.1) is 11.8 Å². The summed E-state index contributed by atoms with van der Waals surface area (Å²) in [6.07, 6.45) is 3.24. The maximum absolute atomic E-state index is 2.24. The zero-order valence-corrected chi connectivity index (χ0v) is 9.24. The number of hydrogen-bond donors (Lipinski definition) is 0. The highest BCUT2D eigenvalue weighted by Crippen LogP contribution is 2.15. The minimum atomic E-state index is 1.13. The second-order valence-corrected chi connectivity index (χ2v) is 3.08. The lowest BCUT2D eigenvalue weighted by atomic mass is 10.2. The molecule has 1 heteroatoms. The van der Waals surface area contributed by atoms with E-state index in [1.165, 1.54) is 10.5 Å². The van der Waals surface area contributed by atoms with E-state index in [0.717, 1.165) is 6.42 Å². The monoisotopic (exact) mass is 182 g/mol. The van der Waals surface area contributed by atoms with Crippen LogP contribution < -0.4 is 0 Å². The lowest BCUT2D eigenvalue weighted by Crippen LogP contribution is -1.78. The normalized spacial score (nSPS) is 8.67. The summed E-state index contributed by atoms with van der Waals surface area (Å²) in [6.45, 7) is 6.18. The van der Waals surface area contributed by atoms with Gasteiger partial charge < -0.3 is 0 Å². The SMILES string of the molecule is CC.CCc1cccc(SC)c1. The average molecular weight is 182 g/mol. The molecule has 0 saturated carbocycles. The molecule has 1 rings (SSSR count). The van der Waals surface area contributed by atoms with E-state index in [-0.39, 0.29) is 0 Å². The summed E-state index contributed by atoms with van der Waals surface area (Å²) in [7, 11) is 0. The standard InChI is InChI=1S/C9H12S.C2H6/c1-3-8-5-4-6-9(7-8)10-2;1-2/h4-7H,3H2,1-2H3;1-2H3. The minimum Gasteiger partial charge on any atom is -0.130 e. The fraction of sp³-hybridized carbons (Fsp3) is 0.455. The van der Waals surface area contributed by atoms with Crippen molar-refractivity contribution in [2.45, 2.75) is 32.1 Å². The Kier molecular flexibility index (Phi) is 6.97. The van der Waals surface area contributed by atoms with Crippen LogP contribution in [0.3, 0.4) is 0 Å². The first kappa shape index (κ1) is 11.6. The molecule has 1 aromatic rings. The van der Waals surface area contributed by atoms with E-state index in [1.807, 2.05) is 13.8 Å². The van der Waals surface area contributed by atoms with Crippen LogP contribution in [-0.2, 0) is 6.42 Å². The van der Waals surface area contributed by atoms with Gasteiger partial charge in [-0.3, -0.25) is 0 Å². The van der Waals surface area contributed by atoms with E-state index in [2.05, 4.69) is 37.4 Å². The summed E-state index contributed by atoms with van der Waals surface area (Å²) in [5.74, 6) is 0. The highest BCUT2D eigenvalue weighted by atomic mass is 32.2. The molecule has 68 valence electrons. The van der Waals surface area contributed by atoms with Crippen molar-refractivity contribution in [2.24, 2.45) is 0 Å². The molecule has 0 fully saturated rings. The number of aryl methyl sites for hydroxylation is 1. The molecular weight excluding hydrogens is 164 g/mol. The van der Waals surface area contributed by atoms with Gasteiger partial charge in [-0.2, -0.15) is 0 Å². The van der Waals surface area contributed by atoms with E-state index in [9.17, 15) is 0 Å². The van der Waals surface area contributed by atoms with E-state index in [0.29, 0.717) is 0 Å². The predicted molar refractivity (Wildman–Crippen MR) is 58.9 cm³/mol. The summed E-state index contributed by atoms with van der Waals surface area (Å²) in [6, 6.07) is 8.67. The lowest BCUT2D eigenvalue weighted by Gasteiger charge is -1.98. The van der Waals surface area contributed by atoms with Gasteiger partial charge in [0.2, 0.25) is 0 Å². The third kappa shape index (κ3) is 3.82. The first-order valence-electron chi connectivity index (χ1n) is 4.49. The number of rotatable bonds is 2. The Morgan fingerprint density at radius 2 is 1.92 bits per heavy atom. The van der Waals surface area contributed by atoms with E-state index >= 15 is 0 Å². The van der Waals surface area contributed by atoms with Gasteiger partial charge in [0.05, 0.1) is 0 Å². The third-order valence-electron chi connectivity index (χ3n) is 1.54. The maximum Gasteiger partial charge on any atom is 0.00718 e. The van der Waals surface area contributed by atoms with Crippen LogP contribution >= 0.6 is 11.8 Å². The molecule has 0 aliphatic rings. The zero-order chi connectivity index (χ0) is 9.40. The Morgan fingerprint density at radius 1 is 1.25 bits per heavy atom. The largest absolute Gasteiger partial charge is 0.130 e. The fourth-order valence-electron chi connectivity index (χ4n) is 0.892. The Morgan fingerprint density at radius 3 is 2.42 bits per heavy atom. The molecular formula is C11H18S. The van der Waals surface area contributed by atoms with Gasteiger partial charge in [0.15, 0.2) is 0 Å². The molecule has 0 spiro atoms. The van der Waals surface area contributed by atoms with Crippen molar-refractivity contribution in [2.75, 3.05) is 6.26 Å². The van der Waals surface area contributed by atoms with Crippen molar-refractivity contribution < 1.29 is 0 Å². The van der Waals surface area contributed by atoms with Crippen LogP contribution in [0.2, 0.25) is 0 Å². The van der Waals surface area contributed by atoms with Crippen molar-refractivity contribution in [1.29, 1.82) is 0 Å². The highest BCUT2D eigenvalue weighted by molar-refractivity contribution is 7.98.